The van der Waals surface area contributed by atoms with Gasteiger partial charge in [0.2, 0.25) is 0 Å². The first-order chi connectivity index (χ1) is 12.0. The van der Waals surface area contributed by atoms with Crippen molar-refractivity contribution in [2.75, 3.05) is 19.0 Å². The number of rotatable bonds is 4. The second-order valence-electron chi connectivity index (χ2n) is 6.23. The molecule has 25 heavy (non-hydrogen) atoms. The summed E-state index contributed by atoms with van der Waals surface area (Å²) in [6, 6.07) is 18.2. The zero-order valence-electron chi connectivity index (χ0n) is 14.5. The van der Waals surface area contributed by atoms with Crippen molar-refractivity contribution in [3.05, 3.63) is 59.9 Å². The molecule has 0 amide bonds. The number of hydrogen-bond donors (Lipinski definition) is 1. The lowest BCUT2D eigenvalue weighted by atomic mass is 10.0. The van der Waals surface area contributed by atoms with E-state index in [1.54, 1.807) is 19.1 Å². The van der Waals surface area contributed by atoms with Crippen LogP contribution in [0.5, 0.6) is 0 Å². The second kappa shape index (κ2) is 6.84. The van der Waals surface area contributed by atoms with Crippen LogP contribution in [0.3, 0.4) is 0 Å². The highest BCUT2D eigenvalue weighted by molar-refractivity contribution is 5.89. The summed E-state index contributed by atoms with van der Waals surface area (Å²) < 4.78 is 5.82. The van der Waals surface area contributed by atoms with Crippen molar-refractivity contribution in [3.63, 3.8) is 0 Å². The van der Waals surface area contributed by atoms with Crippen molar-refractivity contribution < 1.29 is 9.52 Å². The van der Waals surface area contributed by atoms with Crippen LogP contribution in [0.4, 0.5) is 5.69 Å². The number of furan rings is 1. The summed E-state index contributed by atoms with van der Waals surface area (Å²) >= 11 is 0. The quantitative estimate of drug-likeness (QED) is 0.717. The Hall–Kier alpha value is -3.03. The lowest BCUT2D eigenvalue weighted by Crippen LogP contribution is -2.07. The van der Waals surface area contributed by atoms with Crippen LogP contribution >= 0.6 is 0 Å². The monoisotopic (exact) mass is 332 g/mol. The topological polar surface area (TPSA) is 60.4 Å². The second-order valence-corrected chi connectivity index (χ2v) is 6.23. The lowest BCUT2D eigenvalue weighted by Gasteiger charge is -2.13. The highest BCUT2D eigenvalue weighted by atomic mass is 16.3. The van der Waals surface area contributed by atoms with E-state index in [2.05, 4.69) is 35.2 Å². The van der Waals surface area contributed by atoms with E-state index in [0.717, 1.165) is 22.4 Å². The number of aliphatic hydroxyl groups is 1. The van der Waals surface area contributed by atoms with E-state index in [9.17, 15) is 5.11 Å². The van der Waals surface area contributed by atoms with E-state index >= 15 is 0 Å². The summed E-state index contributed by atoms with van der Waals surface area (Å²) in [5.41, 5.74) is 2.41. The number of anilines is 1. The molecule has 1 heterocycles. The van der Waals surface area contributed by atoms with Gasteiger partial charge >= 0.3 is 0 Å². The minimum Gasteiger partial charge on any atom is -0.457 e. The van der Waals surface area contributed by atoms with E-state index < -0.39 is 6.10 Å². The standard InChI is InChI=1S/C21H20N2O2/c1-14(24)18(13-22)12-20-8-9-21(25-20)17-5-4-16-11-19(23(2)3)7-6-15(16)10-17/h4-12,14,24H,1-3H3/b18-12+. The van der Waals surface area contributed by atoms with Gasteiger partial charge in [0.15, 0.2) is 0 Å². The minimum atomic E-state index is -0.815. The van der Waals surface area contributed by atoms with Gasteiger partial charge in [-0.1, -0.05) is 18.2 Å². The van der Waals surface area contributed by atoms with Crippen molar-refractivity contribution in [3.8, 4) is 17.4 Å². The largest absolute Gasteiger partial charge is 0.457 e. The molecule has 1 atom stereocenters. The third-order valence-corrected chi connectivity index (χ3v) is 4.13. The molecule has 4 heteroatoms. The first kappa shape index (κ1) is 16.8. The van der Waals surface area contributed by atoms with E-state index in [-0.39, 0.29) is 5.57 Å². The first-order valence-electron chi connectivity index (χ1n) is 8.09. The molecule has 2 aromatic carbocycles. The van der Waals surface area contributed by atoms with E-state index in [1.807, 2.05) is 32.3 Å². The average Bonchev–Trinajstić information content (AvgIpc) is 3.07. The summed E-state index contributed by atoms with van der Waals surface area (Å²) in [7, 11) is 4.05. The van der Waals surface area contributed by atoms with Gasteiger partial charge in [0, 0.05) is 25.3 Å². The lowest BCUT2D eigenvalue weighted by molar-refractivity contribution is 0.237. The van der Waals surface area contributed by atoms with Gasteiger partial charge in [0.05, 0.1) is 17.7 Å². The van der Waals surface area contributed by atoms with E-state index in [4.69, 9.17) is 9.68 Å². The van der Waals surface area contributed by atoms with Crippen LogP contribution in [-0.2, 0) is 0 Å². The Morgan fingerprint density at radius 1 is 1.12 bits per heavy atom. The summed E-state index contributed by atoms with van der Waals surface area (Å²) in [6.07, 6.45) is 0.753. The number of benzene rings is 2. The van der Waals surface area contributed by atoms with Gasteiger partial charge in [-0.25, -0.2) is 0 Å². The normalized spacial score (nSPS) is 12.8. The van der Waals surface area contributed by atoms with Crippen molar-refractivity contribution in [1.29, 1.82) is 5.26 Å². The Balaban J connectivity index is 1.95. The zero-order valence-corrected chi connectivity index (χ0v) is 14.5. The molecule has 4 nitrogen and oxygen atoms in total. The predicted molar refractivity (Wildman–Crippen MR) is 101 cm³/mol. The number of fused-ring (bicyclic) bond motifs is 1. The van der Waals surface area contributed by atoms with Crippen LogP contribution in [0, 0.1) is 11.3 Å². The first-order valence-corrected chi connectivity index (χ1v) is 8.09. The van der Waals surface area contributed by atoms with Gasteiger partial charge in [-0.3, -0.25) is 0 Å². The maximum Gasteiger partial charge on any atom is 0.134 e. The Morgan fingerprint density at radius 2 is 1.84 bits per heavy atom. The van der Waals surface area contributed by atoms with Crippen LogP contribution in [-0.4, -0.2) is 25.3 Å². The molecular formula is C21H20N2O2. The molecule has 0 bridgehead atoms. The van der Waals surface area contributed by atoms with Crippen molar-refractivity contribution in [2.24, 2.45) is 0 Å². The molecule has 0 aliphatic heterocycles. The fourth-order valence-electron chi connectivity index (χ4n) is 2.65. The molecule has 1 N–H and O–H groups in total. The fraction of sp³-hybridized carbons (Fsp3) is 0.190. The molecule has 3 rings (SSSR count). The molecule has 0 saturated carbocycles. The Morgan fingerprint density at radius 3 is 2.52 bits per heavy atom. The zero-order chi connectivity index (χ0) is 18.0. The highest BCUT2D eigenvalue weighted by Gasteiger charge is 2.08. The Kier molecular flexibility index (Phi) is 4.60. The maximum atomic E-state index is 9.54. The molecule has 0 aliphatic rings. The molecule has 1 aromatic heterocycles. The van der Waals surface area contributed by atoms with Gasteiger partial charge in [0.25, 0.3) is 0 Å². The Bertz CT molecular complexity index is 975. The van der Waals surface area contributed by atoms with Gasteiger partial charge in [-0.15, -0.1) is 0 Å². The van der Waals surface area contributed by atoms with Gasteiger partial charge < -0.3 is 14.4 Å². The average molecular weight is 332 g/mol. The summed E-state index contributed by atoms with van der Waals surface area (Å²) in [5, 5.41) is 20.9. The molecule has 0 spiro atoms. The third-order valence-electron chi connectivity index (χ3n) is 4.13. The Labute approximate surface area is 147 Å². The summed E-state index contributed by atoms with van der Waals surface area (Å²) in [4.78, 5) is 2.08. The molecule has 0 aliphatic carbocycles. The van der Waals surface area contributed by atoms with E-state index in [0.29, 0.717) is 5.76 Å². The molecule has 0 radical (unpaired) electrons. The van der Waals surface area contributed by atoms with Crippen LogP contribution < -0.4 is 4.90 Å². The highest BCUT2D eigenvalue weighted by Crippen LogP contribution is 2.29. The number of aliphatic hydroxyl groups excluding tert-OH is 1. The van der Waals surface area contributed by atoms with Crippen LogP contribution in [0.15, 0.2) is 58.5 Å². The molecule has 126 valence electrons. The maximum absolute atomic E-state index is 9.54. The predicted octanol–water partition coefficient (Wildman–Crippen LogP) is 4.45. The van der Waals surface area contributed by atoms with Crippen LogP contribution in [0.1, 0.15) is 12.7 Å². The summed E-state index contributed by atoms with van der Waals surface area (Å²) in [6.45, 7) is 1.56. The summed E-state index contributed by atoms with van der Waals surface area (Å²) in [5.74, 6) is 1.28. The molecule has 0 saturated heterocycles. The molecule has 0 fully saturated rings. The molecular weight excluding hydrogens is 312 g/mol. The third kappa shape index (κ3) is 3.57. The van der Waals surface area contributed by atoms with E-state index in [1.165, 1.54) is 5.39 Å². The SMILES string of the molecule is CC(O)/C(C#N)=C/c1ccc(-c2ccc3cc(N(C)C)ccc3c2)o1. The molecule has 3 aromatic rings. The van der Waals surface area contributed by atoms with Crippen molar-refractivity contribution in [1.82, 2.24) is 0 Å². The smallest absolute Gasteiger partial charge is 0.134 e. The fourth-order valence-corrected chi connectivity index (χ4v) is 2.65. The number of nitriles is 1. The van der Waals surface area contributed by atoms with Gasteiger partial charge in [-0.2, -0.15) is 5.26 Å². The van der Waals surface area contributed by atoms with Crippen LogP contribution in [0.25, 0.3) is 28.2 Å². The van der Waals surface area contributed by atoms with Crippen molar-refractivity contribution >= 4 is 22.5 Å². The minimum absolute atomic E-state index is 0.274. The number of hydrogen-bond acceptors (Lipinski definition) is 4. The van der Waals surface area contributed by atoms with Crippen molar-refractivity contribution in [2.45, 2.75) is 13.0 Å². The van der Waals surface area contributed by atoms with Crippen LogP contribution in [0.2, 0.25) is 0 Å². The molecule has 1 unspecified atom stereocenters. The number of nitrogens with zero attached hydrogens (tertiary/aromatic N) is 2. The van der Waals surface area contributed by atoms with Gasteiger partial charge in [0.1, 0.15) is 11.5 Å². The van der Waals surface area contributed by atoms with Gasteiger partial charge in [-0.05, 0) is 54.1 Å².